The first-order valence-electron chi connectivity index (χ1n) is 9.58. The van der Waals surface area contributed by atoms with E-state index in [2.05, 4.69) is 4.98 Å². The molecule has 0 saturated carbocycles. The molecule has 0 aliphatic carbocycles. The van der Waals surface area contributed by atoms with Gasteiger partial charge in [-0.05, 0) is 25.1 Å². The van der Waals surface area contributed by atoms with E-state index in [0.717, 1.165) is 6.07 Å². The Bertz CT molecular complexity index is 1190. The summed E-state index contributed by atoms with van der Waals surface area (Å²) in [7, 11) is -3.18. The van der Waals surface area contributed by atoms with Crippen molar-refractivity contribution in [2.45, 2.75) is 13.0 Å². The van der Waals surface area contributed by atoms with Crippen LogP contribution in [0, 0.1) is 15.9 Å². The van der Waals surface area contributed by atoms with E-state index in [1.54, 1.807) is 39.0 Å². The Morgan fingerprint density at radius 1 is 1.20 bits per heavy atom. The zero-order chi connectivity index (χ0) is 21.0. The quantitative estimate of drug-likeness (QED) is 0.242. The number of nitro groups is 1. The Morgan fingerprint density at radius 3 is 2.50 bits per heavy atom. The summed E-state index contributed by atoms with van der Waals surface area (Å²) in [4.78, 5) is 15.3. The number of rotatable bonds is 7. The molecule has 11 heteroatoms. The van der Waals surface area contributed by atoms with E-state index in [1.807, 2.05) is 6.07 Å². The third kappa shape index (κ3) is 3.22. The van der Waals surface area contributed by atoms with Gasteiger partial charge in [-0.1, -0.05) is 12.1 Å². The number of hydrogen-bond donors (Lipinski definition) is 0. The first-order valence-corrected chi connectivity index (χ1v) is 11.1. The molecular weight excluding hydrogens is 412 g/mol. The van der Waals surface area contributed by atoms with Gasteiger partial charge in [0.2, 0.25) is 0 Å². The number of fused-ring (bicyclic) bond motifs is 1. The molecule has 30 heavy (non-hydrogen) atoms. The number of hydrogen-bond acceptors (Lipinski definition) is 5. The topological polar surface area (TPSA) is 93.3 Å². The van der Waals surface area contributed by atoms with Crippen molar-refractivity contribution in [3.8, 4) is 5.69 Å². The van der Waals surface area contributed by atoms with E-state index in [-0.39, 0.29) is 16.9 Å². The maximum absolute atomic E-state index is 14.9. The highest BCUT2D eigenvalue weighted by atomic mass is 31.2. The molecule has 2 aliphatic rings. The Hall–Kier alpha value is -2.65. The summed E-state index contributed by atoms with van der Waals surface area (Å²) in [5.74, 6) is -0.773. The Kier molecular flexibility index (Phi) is 4.48. The molecule has 0 amide bonds. The molecule has 0 bridgehead atoms. The SMILES string of the molecule is CC(OP(=O)(N1CC1)N1CC1)c1cc(-n2cnc3ccccc32)c([N+](=O)[O-])cc1F. The molecule has 3 aromatic rings. The minimum Gasteiger partial charge on any atom is -0.298 e. The molecular formula is C19H19FN5O4P. The lowest BCUT2D eigenvalue weighted by molar-refractivity contribution is -0.384. The lowest BCUT2D eigenvalue weighted by Gasteiger charge is -2.24. The number of nitrogens with zero attached hydrogens (tertiary/aromatic N) is 5. The average Bonchev–Trinajstić information content (AvgIpc) is 3.63. The second kappa shape index (κ2) is 6.95. The van der Waals surface area contributed by atoms with Crippen LogP contribution in [0.15, 0.2) is 42.7 Å². The third-order valence-corrected chi connectivity index (χ3v) is 8.12. The van der Waals surface area contributed by atoms with Crippen LogP contribution in [0.3, 0.4) is 0 Å². The van der Waals surface area contributed by atoms with E-state index in [1.165, 1.54) is 12.4 Å². The number of nitro benzene ring substituents is 1. The van der Waals surface area contributed by atoms with Crippen molar-refractivity contribution < 1.29 is 18.4 Å². The van der Waals surface area contributed by atoms with Gasteiger partial charge in [-0.25, -0.2) is 18.7 Å². The van der Waals surface area contributed by atoms with Gasteiger partial charge in [0, 0.05) is 31.7 Å². The van der Waals surface area contributed by atoms with Crippen molar-refractivity contribution in [3.63, 3.8) is 0 Å². The molecule has 9 nitrogen and oxygen atoms in total. The van der Waals surface area contributed by atoms with Gasteiger partial charge in [-0.15, -0.1) is 0 Å². The van der Waals surface area contributed by atoms with Gasteiger partial charge in [-0.2, -0.15) is 0 Å². The first-order chi connectivity index (χ1) is 14.4. The molecule has 156 valence electrons. The summed E-state index contributed by atoms with van der Waals surface area (Å²) < 4.78 is 39.1. The van der Waals surface area contributed by atoms with E-state index in [0.29, 0.717) is 37.2 Å². The van der Waals surface area contributed by atoms with Crippen LogP contribution in [0.4, 0.5) is 10.1 Å². The third-order valence-electron chi connectivity index (χ3n) is 5.30. The molecule has 0 N–H and O–H groups in total. The Balaban J connectivity index is 1.59. The average molecular weight is 431 g/mol. The second-order valence-corrected chi connectivity index (χ2v) is 9.69. The van der Waals surface area contributed by atoms with E-state index in [4.69, 9.17) is 4.52 Å². The van der Waals surface area contributed by atoms with Crippen molar-refractivity contribution in [2.75, 3.05) is 26.2 Å². The minimum atomic E-state index is -3.18. The van der Waals surface area contributed by atoms with Crippen molar-refractivity contribution in [1.29, 1.82) is 0 Å². The predicted molar refractivity (Wildman–Crippen MR) is 108 cm³/mol. The molecule has 1 aromatic heterocycles. The smallest absolute Gasteiger partial charge is 0.298 e. The zero-order valence-electron chi connectivity index (χ0n) is 16.1. The maximum Gasteiger partial charge on any atom is 0.346 e. The molecule has 5 rings (SSSR count). The van der Waals surface area contributed by atoms with Crippen LogP contribution in [0.5, 0.6) is 0 Å². The number of benzene rings is 2. The van der Waals surface area contributed by atoms with Gasteiger partial charge in [0.05, 0.1) is 28.1 Å². The standard InChI is InChI=1S/C19H19FN5O4P/c1-13(29-30(28,22-6-7-22)23-8-9-23)14-10-18(19(25(26)27)11-15(14)20)24-12-21-16-4-2-3-5-17(16)24/h2-5,10-13H,6-9H2,1H3. The maximum atomic E-state index is 14.9. The summed E-state index contributed by atoms with van der Waals surface area (Å²) in [5, 5.41) is 11.6. The molecule has 1 unspecified atom stereocenters. The molecule has 0 radical (unpaired) electrons. The van der Waals surface area contributed by atoms with Gasteiger partial charge < -0.3 is 0 Å². The highest BCUT2D eigenvalue weighted by molar-refractivity contribution is 7.54. The number of halogens is 1. The Labute approximate surface area is 171 Å². The monoisotopic (exact) mass is 431 g/mol. The van der Waals surface area contributed by atoms with Gasteiger partial charge in [0.1, 0.15) is 17.8 Å². The van der Waals surface area contributed by atoms with Crippen molar-refractivity contribution in [2.24, 2.45) is 0 Å². The van der Waals surface area contributed by atoms with Crippen LogP contribution in [0.2, 0.25) is 0 Å². The minimum absolute atomic E-state index is 0.109. The number of para-hydroxylation sites is 2. The van der Waals surface area contributed by atoms with E-state index < -0.39 is 24.5 Å². The molecule has 0 spiro atoms. The van der Waals surface area contributed by atoms with Crippen LogP contribution < -0.4 is 0 Å². The fourth-order valence-corrected chi connectivity index (χ4v) is 5.88. The number of aromatic nitrogens is 2. The molecule has 2 fully saturated rings. The van der Waals surface area contributed by atoms with E-state index >= 15 is 0 Å². The van der Waals surface area contributed by atoms with Gasteiger partial charge in [0.25, 0.3) is 5.69 Å². The molecule has 3 heterocycles. The van der Waals surface area contributed by atoms with Gasteiger partial charge >= 0.3 is 7.67 Å². The van der Waals surface area contributed by atoms with Crippen LogP contribution in [0.1, 0.15) is 18.6 Å². The largest absolute Gasteiger partial charge is 0.346 e. The highest BCUT2D eigenvalue weighted by Crippen LogP contribution is 2.63. The lowest BCUT2D eigenvalue weighted by Crippen LogP contribution is -2.12. The van der Waals surface area contributed by atoms with Gasteiger partial charge in [-0.3, -0.25) is 23.8 Å². The summed E-state index contributed by atoms with van der Waals surface area (Å²) in [6.45, 7) is 4.32. The van der Waals surface area contributed by atoms with Crippen molar-refractivity contribution >= 4 is 24.4 Å². The molecule has 2 aromatic carbocycles. The summed E-state index contributed by atoms with van der Waals surface area (Å²) in [6, 6.07) is 9.47. The lowest BCUT2D eigenvalue weighted by atomic mass is 10.1. The number of imidazole rings is 1. The summed E-state index contributed by atoms with van der Waals surface area (Å²) in [5.41, 5.74) is 1.22. The zero-order valence-corrected chi connectivity index (χ0v) is 17.0. The van der Waals surface area contributed by atoms with Gasteiger partial charge in [0.15, 0.2) is 0 Å². The molecule has 1 atom stereocenters. The normalized spacial score (nSPS) is 17.9. The fourth-order valence-electron chi connectivity index (χ4n) is 3.54. The van der Waals surface area contributed by atoms with Crippen molar-refractivity contribution in [1.82, 2.24) is 18.9 Å². The second-order valence-electron chi connectivity index (χ2n) is 7.37. The van der Waals surface area contributed by atoms with Crippen LogP contribution in [-0.4, -0.2) is 50.0 Å². The van der Waals surface area contributed by atoms with E-state index in [9.17, 15) is 19.1 Å². The summed E-state index contributed by atoms with van der Waals surface area (Å²) >= 11 is 0. The molecule has 2 saturated heterocycles. The molecule has 2 aliphatic heterocycles. The van der Waals surface area contributed by atoms with Crippen LogP contribution in [-0.2, 0) is 9.09 Å². The Morgan fingerprint density at radius 2 is 1.87 bits per heavy atom. The van der Waals surface area contributed by atoms with Crippen molar-refractivity contribution in [3.05, 3.63) is 64.2 Å². The predicted octanol–water partition coefficient (Wildman–Crippen LogP) is 3.89. The fraction of sp³-hybridized carbons (Fsp3) is 0.316. The first kappa shape index (κ1) is 19.3. The summed E-state index contributed by atoms with van der Waals surface area (Å²) in [6.07, 6.45) is 0.614. The highest BCUT2D eigenvalue weighted by Gasteiger charge is 2.50. The van der Waals surface area contributed by atoms with Crippen LogP contribution in [0.25, 0.3) is 16.7 Å². The van der Waals surface area contributed by atoms with Crippen LogP contribution >= 0.6 is 7.67 Å².